The van der Waals surface area contributed by atoms with Crippen molar-refractivity contribution in [1.82, 2.24) is 5.32 Å². The Kier molecular flexibility index (Phi) is 5.89. The molecule has 0 radical (unpaired) electrons. The van der Waals surface area contributed by atoms with Gasteiger partial charge in [-0.3, -0.25) is 9.59 Å². The lowest BCUT2D eigenvalue weighted by Gasteiger charge is -2.10. The van der Waals surface area contributed by atoms with Crippen molar-refractivity contribution in [3.05, 3.63) is 59.7 Å². The van der Waals surface area contributed by atoms with Crippen molar-refractivity contribution in [3.8, 4) is 5.75 Å². The fourth-order valence-corrected chi connectivity index (χ4v) is 2.60. The van der Waals surface area contributed by atoms with Crippen LogP contribution in [0.2, 0.25) is 0 Å². The van der Waals surface area contributed by atoms with Gasteiger partial charge in [-0.25, -0.2) is 0 Å². The van der Waals surface area contributed by atoms with Crippen LogP contribution in [-0.2, 0) is 22.6 Å². The number of hydrogen-bond donors (Lipinski definition) is 2. The minimum absolute atomic E-state index is 0.0225. The zero-order chi connectivity index (χ0) is 18.4. The Morgan fingerprint density at radius 3 is 2.62 bits per heavy atom. The third kappa shape index (κ3) is 5.34. The molecule has 136 valence electrons. The van der Waals surface area contributed by atoms with Crippen LogP contribution in [0.5, 0.6) is 5.75 Å². The number of carbonyl (C=O) groups excluding carboxylic acids is 2. The van der Waals surface area contributed by atoms with Crippen molar-refractivity contribution in [3.63, 3.8) is 0 Å². The van der Waals surface area contributed by atoms with E-state index in [0.717, 1.165) is 30.5 Å². The summed E-state index contributed by atoms with van der Waals surface area (Å²) in [7, 11) is 0. The van der Waals surface area contributed by atoms with E-state index in [0.29, 0.717) is 12.3 Å². The molecule has 5 heteroatoms. The summed E-state index contributed by atoms with van der Waals surface area (Å²) in [6, 6.07) is 15.3. The Labute approximate surface area is 153 Å². The Bertz CT molecular complexity index is 784. The summed E-state index contributed by atoms with van der Waals surface area (Å²) in [4.78, 5) is 23.8. The van der Waals surface area contributed by atoms with E-state index >= 15 is 0 Å². The largest absolute Gasteiger partial charge is 0.484 e. The fourth-order valence-electron chi connectivity index (χ4n) is 2.60. The molecular formula is C21H24N2O3. The lowest BCUT2D eigenvalue weighted by molar-refractivity contribution is -0.123. The molecule has 0 bridgehead atoms. The Morgan fingerprint density at radius 1 is 1.08 bits per heavy atom. The second kappa shape index (κ2) is 8.52. The third-order valence-electron chi connectivity index (χ3n) is 4.31. The minimum atomic E-state index is -0.181. The molecule has 0 unspecified atom stereocenters. The van der Waals surface area contributed by atoms with Crippen molar-refractivity contribution < 1.29 is 14.3 Å². The molecule has 3 rings (SSSR count). The highest BCUT2D eigenvalue weighted by atomic mass is 16.5. The van der Waals surface area contributed by atoms with Crippen molar-refractivity contribution in [2.24, 2.45) is 5.92 Å². The van der Waals surface area contributed by atoms with Crippen LogP contribution in [0.15, 0.2) is 48.5 Å². The summed E-state index contributed by atoms with van der Waals surface area (Å²) in [6.45, 7) is 2.45. The molecule has 2 aromatic carbocycles. The minimum Gasteiger partial charge on any atom is -0.484 e. The van der Waals surface area contributed by atoms with Gasteiger partial charge in [0.15, 0.2) is 6.61 Å². The summed E-state index contributed by atoms with van der Waals surface area (Å²) in [5.74, 6) is 0.763. The van der Waals surface area contributed by atoms with Crippen LogP contribution in [0.1, 0.15) is 30.9 Å². The monoisotopic (exact) mass is 352 g/mol. The number of rotatable bonds is 8. The first-order valence-electron chi connectivity index (χ1n) is 9.02. The number of ether oxygens (including phenoxy) is 1. The van der Waals surface area contributed by atoms with Crippen LogP contribution in [0, 0.1) is 5.92 Å². The molecule has 0 saturated heterocycles. The van der Waals surface area contributed by atoms with Gasteiger partial charge in [0.25, 0.3) is 5.91 Å². The normalized spacial score (nSPS) is 13.1. The lowest BCUT2D eigenvalue weighted by Crippen LogP contribution is -2.28. The van der Waals surface area contributed by atoms with Gasteiger partial charge >= 0.3 is 0 Å². The fraction of sp³-hybridized carbons (Fsp3) is 0.333. The molecule has 2 N–H and O–H groups in total. The molecule has 0 heterocycles. The molecule has 26 heavy (non-hydrogen) atoms. The topological polar surface area (TPSA) is 67.4 Å². The van der Waals surface area contributed by atoms with Gasteiger partial charge in [0.1, 0.15) is 5.75 Å². The maximum absolute atomic E-state index is 12.0. The first kappa shape index (κ1) is 18.0. The summed E-state index contributed by atoms with van der Waals surface area (Å²) >= 11 is 0. The predicted molar refractivity (Wildman–Crippen MR) is 101 cm³/mol. The summed E-state index contributed by atoms with van der Waals surface area (Å²) in [5, 5.41) is 5.75. The highest BCUT2D eigenvalue weighted by Gasteiger charge is 2.29. The quantitative estimate of drug-likeness (QED) is 0.766. The van der Waals surface area contributed by atoms with Crippen LogP contribution >= 0.6 is 0 Å². The Balaban J connectivity index is 1.45. The van der Waals surface area contributed by atoms with E-state index in [1.54, 1.807) is 0 Å². The van der Waals surface area contributed by atoms with Gasteiger partial charge in [-0.15, -0.1) is 0 Å². The van der Waals surface area contributed by atoms with Crippen LogP contribution < -0.4 is 15.4 Å². The molecule has 2 aromatic rings. The van der Waals surface area contributed by atoms with Gasteiger partial charge < -0.3 is 15.4 Å². The van der Waals surface area contributed by atoms with Gasteiger partial charge in [0, 0.05) is 18.2 Å². The highest BCUT2D eigenvalue weighted by Crippen LogP contribution is 2.30. The van der Waals surface area contributed by atoms with Crippen molar-refractivity contribution in [2.45, 2.75) is 32.7 Å². The van der Waals surface area contributed by atoms with E-state index in [9.17, 15) is 9.59 Å². The zero-order valence-electron chi connectivity index (χ0n) is 15.0. The second-order valence-corrected chi connectivity index (χ2v) is 6.53. The van der Waals surface area contributed by atoms with Gasteiger partial charge in [0.05, 0.1) is 0 Å². The Morgan fingerprint density at radius 2 is 1.85 bits per heavy atom. The molecule has 0 spiro atoms. The first-order chi connectivity index (χ1) is 12.6. The highest BCUT2D eigenvalue weighted by molar-refractivity contribution is 5.94. The van der Waals surface area contributed by atoms with Crippen molar-refractivity contribution >= 4 is 17.5 Å². The number of carbonyl (C=O) groups is 2. The number of benzene rings is 2. The second-order valence-electron chi connectivity index (χ2n) is 6.53. The Hall–Kier alpha value is -2.82. The third-order valence-corrected chi connectivity index (χ3v) is 4.31. The first-order valence-corrected chi connectivity index (χ1v) is 9.02. The maximum Gasteiger partial charge on any atom is 0.258 e. The molecule has 1 saturated carbocycles. The van der Waals surface area contributed by atoms with Gasteiger partial charge in [0.2, 0.25) is 5.91 Å². The number of hydrogen-bond acceptors (Lipinski definition) is 3. The van der Waals surface area contributed by atoms with Crippen LogP contribution in [0.25, 0.3) is 0 Å². The molecule has 2 amide bonds. The van der Waals surface area contributed by atoms with Crippen LogP contribution in [0.3, 0.4) is 0 Å². The molecule has 0 aliphatic heterocycles. The van der Waals surface area contributed by atoms with Gasteiger partial charge in [-0.2, -0.15) is 0 Å². The van der Waals surface area contributed by atoms with Crippen LogP contribution in [0.4, 0.5) is 5.69 Å². The molecule has 0 aromatic heterocycles. The predicted octanol–water partition coefficient (Wildman–Crippen LogP) is 3.29. The van der Waals surface area contributed by atoms with E-state index in [-0.39, 0.29) is 24.3 Å². The number of aryl methyl sites for hydroxylation is 1. The lowest BCUT2D eigenvalue weighted by atomic mass is 10.2. The zero-order valence-corrected chi connectivity index (χ0v) is 15.0. The standard InChI is InChI=1S/C21H24N2O3/c1-2-15-5-4-8-19(12-15)26-14-20(24)22-13-16-6-3-7-18(11-16)23-21(25)17-9-10-17/h3-8,11-12,17H,2,9-10,13-14H2,1H3,(H,22,24)(H,23,25). The SMILES string of the molecule is CCc1cccc(OCC(=O)NCc2cccc(NC(=O)C3CC3)c2)c1. The van der Waals surface area contributed by atoms with E-state index in [2.05, 4.69) is 17.6 Å². The average molecular weight is 352 g/mol. The molecule has 5 nitrogen and oxygen atoms in total. The van der Waals surface area contributed by atoms with Crippen molar-refractivity contribution in [2.75, 3.05) is 11.9 Å². The van der Waals surface area contributed by atoms with E-state index < -0.39 is 0 Å². The molecule has 1 aliphatic rings. The number of amides is 2. The number of nitrogens with one attached hydrogen (secondary N) is 2. The molecular weight excluding hydrogens is 328 g/mol. The summed E-state index contributed by atoms with van der Waals surface area (Å²) in [5.41, 5.74) is 2.87. The average Bonchev–Trinajstić information content (AvgIpc) is 3.50. The summed E-state index contributed by atoms with van der Waals surface area (Å²) in [6.07, 6.45) is 2.88. The van der Waals surface area contributed by atoms with E-state index in [1.807, 2.05) is 48.5 Å². The maximum atomic E-state index is 12.0. The smallest absolute Gasteiger partial charge is 0.258 e. The number of anilines is 1. The van der Waals surface area contributed by atoms with E-state index in [1.165, 1.54) is 5.56 Å². The molecule has 1 fully saturated rings. The van der Waals surface area contributed by atoms with Gasteiger partial charge in [-0.05, 0) is 54.7 Å². The van der Waals surface area contributed by atoms with Crippen LogP contribution in [-0.4, -0.2) is 18.4 Å². The van der Waals surface area contributed by atoms with Gasteiger partial charge in [-0.1, -0.05) is 31.2 Å². The molecule has 0 atom stereocenters. The van der Waals surface area contributed by atoms with Crippen molar-refractivity contribution in [1.29, 1.82) is 0 Å². The van der Waals surface area contributed by atoms with E-state index in [4.69, 9.17) is 4.74 Å². The molecule has 1 aliphatic carbocycles. The summed E-state index contributed by atoms with van der Waals surface area (Å²) < 4.78 is 5.54.